The standard InChI is InChI=1S/C17H27N3O/c1-15(2)14-19-10-12-20(13-11-19)17(21)18-9-8-16-6-4-3-5-7-16/h3-7,15H,8-14H2,1-2H3,(H,18,21). The second-order valence-corrected chi connectivity index (χ2v) is 6.15. The molecule has 0 aliphatic carbocycles. The van der Waals surface area contributed by atoms with Crippen LogP contribution >= 0.6 is 0 Å². The third kappa shape index (κ3) is 5.38. The quantitative estimate of drug-likeness (QED) is 0.902. The number of rotatable bonds is 5. The number of piperazine rings is 1. The molecule has 1 aromatic rings. The first kappa shape index (κ1) is 15.8. The number of nitrogens with one attached hydrogen (secondary N) is 1. The molecule has 1 N–H and O–H groups in total. The van der Waals surface area contributed by atoms with Crippen LogP contribution < -0.4 is 5.32 Å². The molecule has 4 heteroatoms. The Morgan fingerprint density at radius 2 is 1.81 bits per heavy atom. The van der Waals surface area contributed by atoms with Crippen LogP contribution in [0.5, 0.6) is 0 Å². The van der Waals surface area contributed by atoms with Crippen molar-refractivity contribution in [3.63, 3.8) is 0 Å². The van der Waals surface area contributed by atoms with Crippen molar-refractivity contribution in [3.05, 3.63) is 35.9 Å². The Hall–Kier alpha value is -1.55. The Labute approximate surface area is 128 Å². The normalized spacial score (nSPS) is 16.2. The van der Waals surface area contributed by atoms with Crippen molar-refractivity contribution in [2.75, 3.05) is 39.3 Å². The van der Waals surface area contributed by atoms with Crippen LogP contribution in [-0.4, -0.2) is 55.1 Å². The average molecular weight is 289 g/mol. The number of nitrogens with zero attached hydrogens (tertiary/aromatic N) is 2. The summed E-state index contributed by atoms with van der Waals surface area (Å²) in [6, 6.07) is 10.3. The Morgan fingerprint density at radius 3 is 2.43 bits per heavy atom. The monoisotopic (exact) mass is 289 g/mol. The van der Waals surface area contributed by atoms with Gasteiger partial charge in [0.05, 0.1) is 0 Å². The zero-order chi connectivity index (χ0) is 15.1. The molecule has 0 unspecified atom stereocenters. The topological polar surface area (TPSA) is 35.6 Å². The van der Waals surface area contributed by atoms with Crippen LogP contribution in [0.15, 0.2) is 30.3 Å². The molecule has 1 aromatic carbocycles. The lowest BCUT2D eigenvalue weighted by molar-refractivity contribution is 0.131. The Bertz CT molecular complexity index is 425. The van der Waals surface area contributed by atoms with Gasteiger partial charge in [0.1, 0.15) is 0 Å². The molecule has 1 saturated heterocycles. The molecule has 1 heterocycles. The maximum atomic E-state index is 12.1. The molecule has 21 heavy (non-hydrogen) atoms. The fourth-order valence-corrected chi connectivity index (χ4v) is 2.72. The van der Waals surface area contributed by atoms with Gasteiger partial charge < -0.3 is 10.2 Å². The fourth-order valence-electron chi connectivity index (χ4n) is 2.72. The summed E-state index contributed by atoms with van der Waals surface area (Å²) < 4.78 is 0. The molecule has 2 rings (SSSR count). The Balaban J connectivity index is 1.65. The predicted octanol–water partition coefficient (Wildman–Crippen LogP) is 2.21. The van der Waals surface area contributed by atoms with Crippen LogP contribution in [0.2, 0.25) is 0 Å². The summed E-state index contributed by atoms with van der Waals surface area (Å²) in [6.45, 7) is 9.96. The van der Waals surface area contributed by atoms with Crippen LogP contribution in [0, 0.1) is 5.92 Å². The number of carbonyl (C=O) groups is 1. The number of benzene rings is 1. The van der Waals surface area contributed by atoms with E-state index in [1.54, 1.807) is 0 Å². The molecule has 1 aliphatic heterocycles. The van der Waals surface area contributed by atoms with Crippen molar-refractivity contribution in [3.8, 4) is 0 Å². The molecule has 0 saturated carbocycles. The van der Waals surface area contributed by atoms with Gasteiger partial charge in [-0.05, 0) is 17.9 Å². The highest BCUT2D eigenvalue weighted by Crippen LogP contribution is 2.05. The smallest absolute Gasteiger partial charge is 0.317 e. The number of urea groups is 1. The summed E-state index contributed by atoms with van der Waals surface area (Å²) in [4.78, 5) is 16.5. The third-order valence-electron chi connectivity index (χ3n) is 3.82. The van der Waals surface area contributed by atoms with E-state index in [0.29, 0.717) is 12.5 Å². The lowest BCUT2D eigenvalue weighted by Crippen LogP contribution is -2.52. The second kappa shape index (κ2) is 8.03. The van der Waals surface area contributed by atoms with Gasteiger partial charge in [0.2, 0.25) is 0 Å². The zero-order valence-electron chi connectivity index (χ0n) is 13.2. The van der Waals surface area contributed by atoms with E-state index in [9.17, 15) is 4.79 Å². The number of carbonyl (C=O) groups excluding carboxylic acids is 1. The molecular formula is C17H27N3O. The first-order chi connectivity index (χ1) is 10.1. The summed E-state index contributed by atoms with van der Waals surface area (Å²) >= 11 is 0. The molecule has 2 amide bonds. The summed E-state index contributed by atoms with van der Waals surface area (Å²) in [5, 5.41) is 3.02. The highest BCUT2D eigenvalue weighted by molar-refractivity contribution is 5.74. The average Bonchev–Trinajstić information content (AvgIpc) is 2.48. The molecule has 116 valence electrons. The van der Waals surface area contributed by atoms with E-state index < -0.39 is 0 Å². The molecule has 0 spiro atoms. The highest BCUT2D eigenvalue weighted by Gasteiger charge is 2.20. The van der Waals surface area contributed by atoms with Crippen molar-refractivity contribution >= 4 is 6.03 Å². The molecule has 0 aromatic heterocycles. The van der Waals surface area contributed by atoms with Gasteiger partial charge >= 0.3 is 6.03 Å². The van der Waals surface area contributed by atoms with Crippen molar-refractivity contribution in [2.24, 2.45) is 5.92 Å². The van der Waals surface area contributed by atoms with E-state index in [2.05, 4.69) is 36.2 Å². The summed E-state index contributed by atoms with van der Waals surface area (Å²) in [5.74, 6) is 0.691. The summed E-state index contributed by atoms with van der Waals surface area (Å²) in [5.41, 5.74) is 1.26. The van der Waals surface area contributed by atoms with E-state index in [4.69, 9.17) is 0 Å². The van der Waals surface area contributed by atoms with Crippen LogP contribution in [-0.2, 0) is 6.42 Å². The van der Waals surface area contributed by atoms with E-state index in [1.807, 2.05) is 23.1 Å². The van der Waals surface area contributed by atoms with Gasteiger partial charge in [-0.25, -0.2) is 4.79 Å². The first-order valence-corrected chi connectivity index (χ1v) is 7.94. The van der Waals surface area contributed by atoms with Crippen molar-refractivity contribution in [2.45, 2.75) is 20.3 Å². The molecule has 0 radical (unpaired) electrons. The highest BCUT2D eigenvalue weighted by atomic mass is 16.2. The van der Waals surface area contributed by atoms with Crippen LogP contribution in [0.1, 0.15) is 19.4 Å². The van der Waals surface area contributed by atoms with E-state index in [0.717, 1.165) is 39.1 Å². The minimum atomic E-state index is 0.0788. The molecule has 1 aliphatic rings. The third-order valence-corrected chi connectivity index (χ3v) is 3.82. The van der Waals surface area contributed by atoms with Gasteiger partial charge in [-0.1, -0.05) is 44.2 Å². The van der Waals surface area contributed by atoms with Gasteiger partial charge in [-0.3, -0.25) is 4.90 Å². The van der Waals surface area contributed by atoms with Crippen molar-refractivity contribution in [1.82, 2.24) is 15.1 Å². The molecular weight excluding hydrogens is 262 g/mol. The second-order valence-electron chi connectivity index (χ2n) is 6.15. The summed E-state index contributed by atoms with van der Waals surface area (Å²) in [7, 11) is 0. The first-order valence-electron chi connectivity index (χ1n) is 7.94. The van der Waals surface area contributed by atoms with Crippen LogP contribution in [0.3, 0.4) is 0 Å². The predicted molar refractivity (Wildman–Crippen MR) is 86.4 cm³/mol. The van der Waals surface area contributed by atoms with Crippen LogP contribution in [0.4, 0.5) is 4.79 Å². The van der Waals surface area contributed by atoms with Crippen molar-refractivity contribution in [1.29, 1.82) is 0 Å². The van der Waals surface area contributed by atoms with Gasteiger partial charge in [0.15, 0.2) is 0 Å². The lowest BCUT2D eigenvalue weighted by Gasteiger charge is -2.35. The van der Waals surface area contributed by atoms with E-state index in [-0.39, 0.29) is 6.03 Å². The molecule has 1 fully saturated rings. The molecule has 0 bridgehead atoms. The minimum absolute atomic E-state index is 0.0788. The number of hydrogen-bond donors (Lipinski definition) is 1. The SMILES string of the molecule is CC(C)CN1CCN(C(=O)NCCc2ccccc2)CC1. The van der Waals surface area contributed by atoms with Gasteiger partial charge in [-0.2, -0.15) is 0 Å². The van der Waals surface area contributed by atoms with Crippen molar-refractivity contribution < 1.29 is 4.79 Å². The zero-order valence-corrected chi connectivity index (χ0v) is 13.2. The van der Waals surface area contributed by atoms with E-state index >= 15 is 0 Å². The Kier molecular flexibility index (Phi) is 6.05. The van der Waals surface area contributed by atoms with Gasteiger partial charge in [0.25, 0.3) is 0 Å². The van der Waals surface area contributed by atoms with Gasteiger partial charge in [-0.15, -0.1) is 0 Å². The fraction of sp³-hybridized carbons (Fsp3) is 0.588. The molecule has 0 atom stereocenters. The maximum absolute atomic E-state index is 12.1. The number of hydrogen-bond acceptors (Lipinski definition) is 2. The number of amides is 2. The molecule has 4 nitrogen and oxygen atoms in total. The van der Waals surface area contributed by atoms with Gasteiger partial charge in [0, 0.05) is 39.3 Å². The largest absolute Gasteiger partial charge is 0.338 e. The van der Waals surface area contributed by atoms with Crippen LogP contribution in [0.25, 0.3) is 0 Å². The lowest BCUT2D eigenvalue weighted by atomic mass is 10.1. The van der Waals surface area contributed by atoms with E-state index in [1.165, 1.54) is 5.56 Å². The Morgan fingerprint density at radius 1 is 1.14 bits per heavy atom. The maximum Gasteiger partial charge on any atom is 0.317 e. The summed E-state index contributed by atoms with van der Waals surface area (Å²) in [6.07, 6.45) is 0.889. The minimum Gasteiger partial charge on any atom is -0.338 e.